The number of para-hydroxylation sites is 1. The molecule has 31 heavy (non-hydrogen) atoms. The molecule has 0 unspecified atom stereocenters. The predicted octanol–water partition coefficient (Wildman–Crippen LogP) is 4.22. The molecule has 4 aromatic rings. The Hall–Kier alpha value is -3.23. The van der Waals surface area contributed by atoms with E-state index in [0.717, 1.165) is 5.69 Å². The first kappa shape index (κ1) is 21.0. The van der Waals surface area contributed by atoms with Gasteiger partial charge in [-0.1, -0.05) is 78.5 Å². The Labute approximate surface area is 184 Å². The van der Waals surface area contributed by atoms with Crippen molar-refractivity contribution >= 4 is 27.4 Å². The summed E-state index contributed by atoms with van der Waals surface area (Å²) in [6.45, 7) is 0. The van der Waals surface area contributed by atoms with Gasteiger partial charge in [-0.3, -0.25) is 9.36 Å². The molecule has 156 valence electrons. The topological polar surface area (TPSA) is 81.9 Å². The molecule has 0 amide bonds. The summed E-state index contributed by atoms with van der Waals surface area (Å²) in [5, 5.41) is 8.82. The van der Waals surface area contributed by atoms with E-state index >= 15 is 0 Å². The lowest BCUT2D eigenvalue weighted by atomic mass is 10.2. The zero-order valence-corrected chi connectivity index (χ0v) is 18.1. The van der Waals surface area contributed by atoms with Crippen LogP contribution in [-0.2, 0) is 15.6 Å². The molecule has 0 saturated carbocycles. The fraction of sp³-hybridized carbons (Fsp3) is 0.0870. The monoisotopic (exact) mass is 449 g/mol. The van der Waals surface area contributed by atoms with E-state index in [4.69, 9.17) is 0 Å². The molecule has 0 aliphatic carbocycles. The molecule has 0 fully saturated rings. The molecule has 0 atom stereocenters. The Morgan fingerprint density at radius 1 is 0.806 bits per heavy atom. The average Bonchev–Trinajstić information content (AvgIpc) is 3.20. The number of Topliss-reactive ketones (excluding diaryl/α,β-unsaturated/α-hetero) is 1. The van der Waals surface area contributed by atoms with E-state index in [1.165, 1.54) is 11.8 Å². The maximum atomic E-state index is 12.9. The van der Waals surface area contributed by atoms with Gasteiger partial charge in [0.1, 0.15) is 5.75 Å². The minimum atomic E-state index is -3.60. The molecular formula is C23H19N3O3S2. The Bertz CT molecular complexity index is 1270. The molecular weight excluding hydrogens is 430 g/mol. The van der Waals surface area contributed by atoms with Crippen LogP contribution < -0.4 is 0 Å². The second-order valence-electron chi connectivity index (χ2n) is 6.72. The van der Waals surface area contributed by atoms with Crippen LogP contribution in [0.4, 0.5) is 0 Å². The highest BCUT2D eigenvalue weighted by Crippen LogP contribution is 2.25. The highest BCUT2D eigenvalue weighted by Gasteiger charge is 2.23. The summed E-state index contributed by atoms with van der Waals surface area (Å²) in [4.78, 5) is 12.7. The summed E-state index contributed by atoms with van der Waals surface area (Å²) < 4.78 is 27.5. The van der Waals surface area contributed by atoms with Gasteiger partial charge in [-0.2, -0.15) is 0 Å². The number of hydrogen-bond acceptors (Lipinski definition) is 6. The van der Waals surface area contributed by atoms with Crippen molar-refractivity contribution in [1.82, 2.24) is 14.8 Å². The normalized spacial score (nSPS) is 11.4. The third-order valence-corrected chi connectivity index (χ3v) is 7.12. The van der Waals surface area contributed by atoms with E-state index in [-0.39, 0.29) is 22.2 Å². The lowest BCUT2D eigenvalue weighted by Gasteiger charge is -2.10. The molecule has 0 N–H and O–H groups in total. The van der Waals surface area contributed by atoms with Crippen molar-refractivity contribution in [3.05, 3.63) is 102 Å². The predicted molar refractivity (Wildman–Crippen MR) is 120 cm³/mol. The first-order valence-electron chi connectivity index (χ1n) is 9.53. The molecule has 3 aromatic carbocycles. The van der Waals surface area contributed by atoms with Crippen LogP contribution in [0.2, 0.25) is 0 Å². The van der Waals surface area contributed by atoms with Crippen molar-refractivity contribution in [2.45, 2.75) is 15.8 Å². The van der Waals surface area contributed by atoms with Gasteiger partial charge < -0.3 is 0 Å². The number of carbonyl (C=O) groups is 1. The van der Waals surface area contributed by atoms with Crippen molar-refractivity contribution in [3.63, 3.8) is 0 Å². The van der Waals surface area contributed by atoms with Crippen LogP contribution in [0.1, 0.15) is 16.2 Å². The number of nitrogens with zero attached hydrogens (tertiary/aromatic N) is 3. The minimum Gasteiger partial charge on any atom is -0.293 e. The van der Waals surface area contributed by atoms with Crippen LogP contribution in [-0.4, -0.2) is 34.7 Å². The number of benzene rings is 3. The molecule has 4 rings (SSSR count). The third-order valence-electron chi connectivity index (χ3n) is 4.56. The molecule has 8 heteroatoms. The lowest BCUT2D eigenvalue weighted by Crippen LogP contribution is -2.11. The fourth-order valence-corrected chi connectivity index (χ4v) is 5.17. The number of ketones is 1. The van der Waals surface area contributed by atoms with Crippen LogP contribution in [0.3, 0.4) is 0 Å². The molecule has 6 nitrogen and oxygen atoms in total. The summed E-state index contributed by atoms with van der Waals surface area (Å²) in [7, 11) is -3.60. The Kier molecular flexibility index (Phi) is 6.29. The van der Waals surface area contributed by atoms with Crippen LogP contribution >= 0.6 is 11.8 Å². The maximum absolute atomic E-state index is 12.9. The lowest BCUT2D eigenvalue weighted by molar-refractivity contribution is 0.102. The van der Waals surface area contributed by atoms with Crippen LogP contribution in [0.15, 0.2) is 101 Å². The molecule has 1 aromatic heterocycles. The number of sulfone groups is 1. The first-order valence-corrected chi connectivity index (χ1v) is 12.2. The van der Waals surface area contributed by atoms with Gasteiger partial charge in [0.05, 0.1) is 10.6 Å². The Morgan fingerprint density at radius 2 is 1.39 bits per heavy atom. The van der Waals surface area contributed by atoms with E-state index in [1.807, 2.05) is 48.5 Å². The maximum Gasteiger partial charge on any atom is 0.196 e. The van der Waals surface area contributed by atoms with Crippen molar-refractivity contribution in [1.29, 1.82) is 0 Å². The molecule has 0 bridgehead atoms. The molecule has 0 aliphatic heterocycles. The number of thioether (sulfide) groups is 1. The Morgan fingerprint density at radius 3 is 2.03 bits per heavy atom. The van der Waals surface area contributed by atoms with Gasteiger partial charge in [-0.05, 0) is 24.3 Å². The summed E-state index contributed by atoms with van der Waals surface area (Å²) in [5.41, 5.74) is 1.35. The zero-order valence-electron chi connectivity index (χ0n) is 16.5. The van der Waals surface area contributed by atoms with Gasteiger partial charge in [0.25, 0.3) is 0 Å². The molecule has 0 spiro atoms. The van der Waals surface area contributed by atoms with Gasteiger partial charge in [0, 0.05) is 11.3 Å². The summed E-state index contributed by atoms with van der Waals surface area (Å²) in [6, 6.07) is 26.6. The average molecular weight is 450 g/mol. The fourth-order valence-electron chi connectivity index (χ4n) is 3.04. The highest BCUT2D eigenvalue weighted by molar-refractivity contribution is 7.99. The number of rotatable bonds is 8. The zero-order chi connectivity index (χ0) is 21.7. The first-order chi connectivity index (χ1) is 15.0. The van der Waals surface area contributed by atoms with E-state index < -0.39 is 9.84 Å². The molecule has 0 aliphatic rings. The molecule has 0 radical (unpaired) electrons. The summed E-state index contributed by atoms with van der Waals surface area (Å²) in [6.07, 6.45) is 0. The molecule has 0 saturated heterocycles. The van der Waals surface area contributed by atoms with Crippen LogP contribution in [0.25, 0.3) is 5.69 Å². The highest BCUT2D eigenvalue weighted by atomic mass is 32.2. The van der Waals surface area contributed by atoms with Crippen molar-refractivity contribution in [3.8, 4) is 5.69 Å². The van der Waals surface area contributed by atoms with E-state index in [1.54, 1.807) is 47.0 Å². The number of aromatic nitrogens is 3. The Balaban J connectivity index is 1.64. The van der Waals surface area contributed by atoms with E-state index in [0.29, 0.717) is 16.5 Å². The summed E-state index contributed by atoms with van der Waals surface area (Å²) >= 11 is 1.23. The molecule has 1 heterocycles. The van der Waals surface area contributed by atoms with E-state index in [9.17, 15) is 13.2 Å². The number of hydrogen-bond donors (Lipinski definition) is 0. The smallest absolute Gasteiger partial charge is 0.196 e. The van der Waals surface area contributed by atoms with Crippen LogP contribution in [0, 0.1) is 0 Å². The van der Waals surface area contributed by atoms with Crippen molar-refractivity contribution in [2.24, 2.45) is 0 Å². The SMILES string of the molecule is O=C(CSc1nnc(CS(=O)(=O)c2ccccc2)n1-c1ccccc1)c1ccccc1. The third kappa shape index (κ3) is 4.92. The van der Waals surface area contributed by atoms with Gasteiger partial charge in [-0.25, -0.2) is 8.42 Å². The largest absolute Gasteiger partial charge is 0.293 e. The second-order valence-corrected chi connectivity index (χ2v) is 9.65. The van der Waals surface area contributed by atoms with Crippen LogP contribution in [0.5, 0.6) is 0 Å². The van der Waals surface area contributed by atoms with Gasteiger partial charge in [0.15, 0.2) is 26.6 Å². The second kappa shape index (κ2) is 9.28. The number of carbonyl (C=O) groups excluding carboxylic acids is 1. The van der Waals surface area contributed by atoms with Gasteiger partial charge >= 0.3 is 0 Å². The quantitative estimate of drug-likeness (QED) is 0.296. The van der Waals surface area contributed by atoms with Gasteiger partial charge in [0.2, 0.25) is 0 Å². The summed E-state index contributed by atoms with van der Waals surface area (Å²) in [5.74, 6) is 0.128. The van der Waals surface area contributed by atoms with E-state index in [2.05, 4.69) is 10.2 Å². The minimum absolute atomic E-state index is 0.0355. The van der Waals surface area contributed by atoms with Gasteiger partial charge in [-0.15, -0.1) is 10.2 Å². The van der Waals surface area contributed by atoms with Crippen molar-refractivity contribution in [2.75, 3.05) is 5.75 Å². The standard InChI is InChI=1S/C23H19N3O3S2/c27-21(18-10-4-1-5-11-18)16-30-23-25-24-22(26(23)19-12-6-2-7-13-19)17-31(28,29)20-14-8-3-9-15-20/h1-15H,16-17H2. The van der Waals surface area contributed by atoms with Crippen molar-refractivity contribution < 1.29 is 13.2 Å².